The summed E-state index contributed by atoms with van der Waals surface area (Å²) in [7, 11) is 0. The fourth-order valence-electron chi connectivity index (χ4n) is 1.99. The molecule has 2 rings (SSSR count). The van der Waals surface area contributed by atoms with Crippen LogP contribution < -0.4 is 10.6 Å². The van der Waals surface area contributed by atoms with Gasteiger partial charge in [0.05, 0.1) is 12.2 Å². The highest BCUT2D eigenvalue weighted by Gasteiger charge is 2.14. The first-order valence-corrected chi connectivity index (χ1v) is 6.87. The topological polar surface area (TPSA) is 76.0 Å². The zero-order valence-electron chi connectivity index (χ0n) is 12.4. The average molecular weight is 304 g/mol. The van der Waals surface area contributed by atoms with Gasteiger partial charge in [-0.2, -0.15) is 5.10 Å². The van der Waals surface area contributed by atoms with Crippen LogP contribution in [0.25, 0.3) is 0 Å². The number of hydrogen-bond donors (Lipinski definition) is 2. The molecule has 0 aliphatic rings. The minimum Gasteiger partial charge on any atom is -0.342 e. The Labute approximate surface area is 127 Å². The first-order chi connectivity index (χ1) is 10.5. The second-order valence-corrected chi connectivity index (χ2v) is 4.73. The van der Waals surface area contributed by atoms with Gasteiger partial charge < -0.3 is 10.6 Å². The van der Waals surface area contributed by atoms with Gasteiger partial charge in [-0.25, -0.2) is 4.39 Å². The van der Waals surface area contributed by atoms with Gasteiger partial charge >= 0.3 is 0 Å². The number of benzene rings is 1. The normalized spacial score (nSPS) is 10.3. The molecule has 0 unspecified atom stereocenters. The summed E-state index contributed by atoms with van der Waals surface area (Å²) in [5.74, 6) is -1.25. The molecule has 7 heteroatoms. The summed E-state index contributed by atoms with van der Waals surface area (Å²) in [6.45, 7) is 4.02. The lowest BCUT2D eigenvalue weighted by atomic mass is 10.3. The summed E-state index contributed by atoms with van der Waals surface area (Å²) >= 11 is 0. The predicted molar refractivity (Wildman–Crippen MR) is 80.0 cm³/mol. The Bertz CT molecular complexity index is 697. The van der Waals surface area contributed by atoms with E-state index in [1.807, 2.05) is 6.92 Å². The number of rotatable bonds is 5. The third kappa shape index (κ3) is 3.91. The van der Waals surface area contributed by atoms with E-state index in [0.29, 0.717) is 17.9 Å². The van der Waals surface area contributed by atoms with E-state index in [4.69, 9.17) is 0 Å². The van der Waals surface area contributed by atoms with Gasteiger partial charge in [-0.15, -0.1) is 0 Å². The van der Waals surface area contributed by atoms with Crippen molar-refractivity contribution in [1.29, 1.82) is 0 Å². The molecule has 0 fully saturated rings. The lowest BCUT2D eigenvalue weighted by Crippen LogP contribution is -2.34. The Balaban J connectivity index is 1.92. The molecule has 2 aromatic rings. The smallest absolute Gasteiger partial charge is 0.269 e. The molecule has 2 N–H and O–H groups in total. The standard InChI is InChI=1S/C15H17FN4O2/c1-3-20-13(7-10(2)19-20)15(22)17-9-14(21)18-12-6-4-5-11(16)8-12/h4-8H,3,9H2,1-2H3,(H,17,22)(H,18,21). The van der Waals surface area contributed by atoms with Gasteiger partial charge in [-0.05, 0) is 38.1 Å². The van der Waals surface area contributed by atoms with Crippen molar-refractivity contribution < 1.29 is 14.0 Å². The first-order valence-electron chi connectivity index (χ1n) is 6.87. The molecule has 0 aliphatic carbocycles. The quantitative estimate of drug-likeness (QED) is 0.883. The van der Waals surface area contributed by atoms with Crippen LogP contribution in [0.2, 0.25) is 0 Å². The minimum atomic E-state index is -0.441. The third-order valence-electron chi connectivity index (χ3n) is 2.95. The lowest BCUT2D eigenvalue weighted by molar-refractivity contribution is -0.115. The molecule has 0 saturated carbocycles. The predicted octanol–water partition coefficient (Wildman–Crippen LogP) is 1.72. The molecule has 2 amide bonds. The highest BCUT2D eigenvalue weighted by atomic mass is 19.1. The number of aryl methyl sites for hydroxylation is 2. The van der Waals surface area contributed by atoms with E-state index >= 15 is 0 Å². The summed E-state index contributed by atoms with van der Waals surface area (Å²) in [6.07, 6.45) is 0. The number of aromatic nitrogens is 2. The number of hydrogen-bond acceptors (Lipinski definition) is 3. The van der Waals surface area contributed by atoms with Crippen molar-refractivity contribution in [3.05, 3.63) is 47.5 Å². The molecule has 1 aromatic carbocycles. The first kappa shape index (κ1) is 15.7. The van der Waals surface area contributed by atoms with Crippen molar-refractivity contribution in [3.63, 3.8) is 0 Å². The summed E-state index contributed by atoms with van der Waals surface area (Å²) in [5.41, 5.74) is 1.48. The molecule has 116 valence electrons. The van der Waals surface area contributed by atoms with Gasteiger partial charge in [0, 0.05) is 12.2 Å². The Hall–Kier alpha value is -2.70. The summed E-state index contributed by atoms with van der Waals surface area (Å²) < 4.78 is 14.6. The fourth-order valence-corrected chi connectivity index (χ4v) is 1.99. The molecule has 0 spiro atoms. The van der Waals surface area contributed by atoms with Crippen LogP contribution in [-0.2, 0) is 11.3 Å². The Morgan fingerprint density at radius 2 is 2.09 bits per heavy atom. The van der Waals surface area contributed by atoms with E-state index in [9.17, 15) is 14.0 Å². The number of nitrogens with one attached hydrogen (secondary N) is 2. The van der Waals surface area contributed by atoms with Crippen molar-refractivity contribution in [2.24, 2.45) is 0 Å². The zero-order chi connectivity index (χ0) is 16.1. The molecule has 6 nitrogen and oxygen atoms in total. The molecule has 0 radical (unpaired) electrons. The molecular formula is C15H17FN4O2. The van der Waals surface area contributed by atoms with Gasteiger partial charge in [-0.3, -0.25) is 14.3 Å². The Morgan fingerprint density at radius 3 is 2.77 bits per heavy atom. The summed E-state index contributed by atoms with van der Waals surface area (Å²) in [5, 5.41) is 9.19. The lowest BCUT2D eigenvalue weighted by Gasteiger charge is -2.08. The van der Waals surface area contributed by atoms with Crippen molar-refractivity contribution in [3.8, 4) is 0 Å². The van der Waals surface area contributed by atoms with E-state index in [0.717, 1.165) is 5.69 Å². The van der Waals surface area contributed by atoms with Crippen LogP contribution in [0.3, 0.4) is 0 Å². The molecule has 0 saturated heterocycles. The molecule has 1 aromatic heterocycles. The average Bonchev–Trinajstić information content (AvgIpc) is 2.86. The van der Waals surface area contributed by atoms with Crippen molar-refractivity contribution in [2.75, 3.05) is 11.9 Å². The van der Waals surface area contributed by atoms with Gasteiger partial charge in [-0.1, -0.05) is 6.07 Å². The van der Waals surface area contributed by atoms with E-state index < -0.39 is 11.7 Å². The van der Waals surface area contributed by atoms with Crippen molar-refractivity contribution >= 4 is 17.5 Å². The number of amides is 2. The second-order valence-electron chi connectivity index (χ2n) is 4.73. The van der Waals surface area contributed by atoms with Gasteiger partial charge in [0.25, 0.3) is 5.91 Å². The number of nitrogens with zero attached hydrogens (tertiary/aromatic N) is 2. The SMILES string of the molecule is CCn1nc(C)cc1C(=O)NCC(=O)Nc1cccc(F)c1. The van der Waals surface area contributed by atoms with E-state index in [2.05, 4.69) is 15.7 Å². The Kier molecular flexibility index (Phi) is 4.88. The van der Waals surface area contributed by atoms with E-state index in [-0.39, 0.29) is 12.5 Å². The van der Waals surface area contributed by atoms with Crippen LogP contribution in [0.15, 0.2) is 30.3 Å². The number of anilines is 1. The van der Waals surface area contributed by atoms with Gasteiger partial charge in [0.1, 0.15) is 11.5 Å². The van der Waals surface area contributed by atoms with Crippen LogP contribution >= 0.6 is 0 Å². The minimum absolute atomic E-state index is 0.205. The van der Waals surface area contributed by atoms with E-state index in [1.54, 1.807) is 23.7 Å². The number of carbonyl (C=O) groups excluding carboxylic acids is 2. The molecule has 0 aliphatic heterocycles. The fraction of sp³-hybridized carbons (Fsp3) is 0.267. The molecule has 0 bridgehead atoms. The van der Waals surface area contributed by atoms with Crippen LogP contribution in [0.1, 0.15) is 23.1 Å². The zero-order valence-corrected chi connectivity index (χ0v) is 12.4. The Morgan fingerprint density at radius 1 is 1.32 bits per heavy atom. The van der Waals surface area contributed by atoms with Crippen LogP contribution in [0.4, 0.5) is 10.1 Å². The highest BCUT2D eigenvalue weighted by molar-refractivity contribution is 5.98. The number of halogens is 1. The monoisotopic (exact) mass is 304 g/mol. The van der Waals surface area contributed by atoms with Crippen molar-refractivity contribution in [1.82, 2.24) is 15.1 Å². The maximum atomic E-state index is 13.0. The molecular weight excluding hydrogens is 287 g/mol. The van der Waals surface area contributed by atoms with Gasteiger partial charge in [0.2, 0.25) is 5.91 Å². The summed E-state index contributed by atoms with van der Waals surface area (Å²) in [4.78, 5) is 23.8. The molecule has 1 heterocycles. The summed E-state index contributed by atoms with van der Waals surface area (Å²) in [6, 6.07) is 7.20. The molecule has 22 heavy (non-hydrogen) atoms. The van der Waals surface area contributed by atoms with Crippen LogP contribution in [-0.4, -0.2) is 28.1 Å². The largest absolute Gasteiger partial charge is 0.342 e. The second kappa shape index (κ2) is 6.84. The highest BCUT2D eigenvalue weighted by Crippen LogP contribution is 2.08. The van der Waals surface area contributed by atoms with Crippen LogP contribution in [0.5, 0.6) is 0 Å². The van der Waals surface area contributed by atoms with Crippen LogP contribution in [0, 0.1) is 12.7 Å². The molecule has 0 atom stereocenters. The van der Waals surface area contributed by atoms with Gasteiger partial charge in [0.15, 0.2) is 0 Å². The maximum absolute atomic E-state index is 13.0. The maximum Gasteiger partial charge on any atom is 0.269 e. The van der Waals surface area contributed by atoms with E-state index in [1.165, 1.54) is 18.2 Å². The van der Waals surface area contributed by atoms with Crippen molar-refractivity contribution in [2.45, 2.75) is 20.4 Å². The number of carbonyl (C=O) groups is 2. The third-order valence-corrected chi connectivity index (χ3v) is 2.95.